The summed E-state index contributed by atoms with van der Waals surface area (Å²) >= 11 is 7.53. The van der Waals surface area contributed by atoms with E-state index in [4.69, 9.17) is 11.6 Å². The molecule has 3 heterocycles. The van der Waals surface area contributed by atoms with Crippen molar-refractivity contribution in [1.82, 2.24) is 19.5 Å². The van der Waals surface area contributed by atoms with E-state index >= 15 is 0 Å². The lowest BCUT2D eigenvalue weighted by atomic mass is 10.1. The van der Waals surface area contributed by atoms with Crippen LogP contribution in [-0.4, -0.2) is 47.2 Å². The molecule has 0 aliphatic carbocycles. The molecule has 0 bridgehead atoms. The summed E-state index contributed by atoms with van der Waals surface area (Å²) in [4.78, 5) is 12.8. The number of anilines is 1. The first-order chi connectivity index (χ1) is 12.9. The Balaban J connectivity index is 1.65. The Hall–Kier alpha value is -1.94. The molecule has 1 aliphatic heterocycles. The van der Waals surface area contributed by atoms with Crippen LogP contribution in [0.1, 0.15) is 17.9 Å². The monoisotopic (exact) mass is 409 g/mol. The van der Waals surface area contributed by atoms with E-state index in [9.17, 15) is 14.6 Å². The van der Waals surface area contributed by atoms with E-state index < -0.39 is 17.6 Å². The van der Waals surface area contributed by atoms with Gasteiger partial charge in [0.2, 0.25) is 5.28 Å². The minimum absolute atomic E-state index is 0.0388. The Kier molecular flexibility index (Phi) is 4.94. The summed E-state index contributed by atoms with van der Waals surface area (Å²) in [5, 5.41) is 23.0. The highest BCUT2D eigenvalue weighted by Gasteiger charge is 2.41. The Morgan fingerprint density at radius 3 is 2.63 bits per heavy atom. The summed E-state index contributed by atoms with van der Waals surface area (Å²) in [6, 6.07) is 6.13. The van der Waals surface area contributed by atoms with Crippen LogP contribution in [-0.2, 0) is 6.54 Å². The van der Waals surface area contributed by atoms with Crippen LogP contribution in [0, 0.1) is 5.82 Å². The van der Waals surface area contributed by atoms with Crippen molar-refractivity contribution in [2.24, 2.45) is 0 Å². The van der Waals surface area contributed by atoms with Crippen molar-refractivity contribution < 1.29 is 14.6 Å². The molecule has 2 aromatic heterocycles. The lowest BCUT2D eigenvalue weighted by molar-refractivity contribution is 0.0206. The molecule has 1 aromatic carbocycles. The van der Waals surface area contributed by atoms with Gasteiger partial charge in [-0.1, -0.05) is 19.1 Å². The normalized spacial score (nSPS) is 25.2. The van der Waals surface area contributed by atoms with E-state index in [0.717, 1.165) is 5.56 Å². The van der Waals surface area contributed by atoms with E-state index in [1.54, 1.807) is 23.0 Å². The number of thioether (sulfide) groups is 1. The molecule has 0 spiro atoms. The summed E-state index contributed by atoms with van der Waals surface area (Å²) < 4.78 is 14.7. The number of fused-ring (bicyclic) bond motifs is 1. The van der Waals surface area contributed by atoms with Gasteiger partial charge in [-0.2, -0.15) is 9.97 Å². The topological polar surface area (TPSA) is 96.1 Å². The molecule has 1 aliphatic rings. The molecule has 0 radical (unpaired) electrons. The minimum Gasteiger partial charge on any atom is -0.389 e. The third-order valence-corrected chi connectivity index (χ3v) is 6.18. The molecule has 142 valence electrons. The van der Waals surface area contributed by atoms with Gasteiger partial charge in [0.05, 0.1) is 12.4 Å². The highest BCUT2D eigenvalue weighted by molar-refractivity contribution is 8.00. The van der Waals surface area contributed by atoms with Gasteiger partial charge in [-0.05, 0) is 29.3 Å². The van der Waals surface area contributed by atoms with Crippen molar-refractivity contribution in [3.63, 3.8) is 0 Å². The largest absolute Gasteiger partial charge is 0.389 e. The van der Waals surface area contributed by atoms with Crippen molar-refractivity contribution in [3.05, 3.63) is 47.3 Å². The summed E-state index contributed by atoms with van der Waals surface area (Å²) in [6.45, 7) is 2.27. The molecule has 0 unspecified atom stereocenters. The van der Waals surface area contributed by atoms with Crippen molar-refractivity contribution in [2.45, 2.75) is 36.3 Å². The summed E-state index contributed by atoms with van der Waals surface area (Å²) in [7, 11) is 0. The lowest BCUT2D eigenvalue weighted by Crippen LogP contribution is -2.30. The van der Waals surface area contributed by atoms with Gasteiger partial charge in [0.1, 0.15) is 17.3 Å². The number of aliphatic hydroxyl groups is 2. The molecule has 1 saturated heterocycles. The summed E-state index contributed by atoms with van der Waals surface area (Å²) in [6.07, 6.45) is -0.206. The number of benzene rings is 1. The number of imidazole rings is 1. The van der Waals surface area contributed by atoms with Crippen molar-refractivity contribution in [1.29, 1.82) is 0 Å². The zero-order chi connectivity index (χ0) is 19.1. The summed E-state index contributed by atoms with van der Waals surface area (Å²) in [5.41, 5.74) is 1.84. The Morgan fingerprint density at radius 2 is 1.96 bits per heavy atom. The van der Waals surface area contributed by atoms with Crippen LogP contribution >= 0.6 is 23.4 Å². The zero-order valence-corrected chi connectivity index (χ0v) is 15.8. The molecule has 10 heteroatoms. The van der Waals surface area contributed by atoms with Gasteiger partial charge in [-0.25, -0.2) is 9.37 Å². The van der Waals surface area contributed by atoms with Gasteiger partial charge >= 0.3 is 0 Å². The molecule has 0 saturated carbocycles. The predicted molar refractivity (Wildman–Crippen MR) is 102 cm³/mol. The SMILES string of the molecule is C[C@@H]1S[C@H](n2cnc3c(NCc4ccc(F)cc4)nc(Cl)nc32)[C@H](O)[C@@H]1O. The first kappa shape index (κ1) is 18.4. The van der Waals surface area contributed by atoms with Crippen LogP contribution in [0.3, 0.4) is 0 Å². The van der Waals surface area contributed by atoms with Gasteiger partial charge in [0.25, 0.3) is 0 Å². The maximum absolute atomic E-state index is 13.0. The minimum atomic E-state index is -0.938. The molecular weight excluding hydrogens is 393 g/mol. The molecule has 27 heavy (non-hydrogen) atoms. The Morgan fingerprint density at radius 1 is 1.22 bits per heavy atom. The zero-order valence-electron chi connectivity index (χ0n) is 14.3. The van der Waals surface area contributed by atoms with Crippen molar-refractivity contribution in [2.75, 3.05) is 5.32 Å². The second-order valence-electron chi connectivity index (χ2n) is 6.36. The lowest BCUT2D eigenvalue weighted by Gasteiger charge is -2.17. The van der Waals surface area contributed by atoms with Gasteiger partial charge in [-0.3, -0.25) is 4.57 Å². The fraction of sp³-hybridized carbons (Fsp3) is 0.353. The van der Waals surface area contributed by atoms with Gasteiger partial charge in [0.15, 0.2) is 17.0 Å². The van der Waals surface area contributed by atoms with Gasteiger partial charge < -0.3 is 15.5 Å². The molecule has 4 atom stereocenters. The van der Waals surface area contributed by atoms with Gasteiger partial charge in [-0.15, -0.1) is 11.8 Å². The van der Waals surface area contributed by atoms with E-state index in [2.05, 4.69) is 20.3 Å². The number of rotatable bonds is 4. The fourth-order valence-corrected chi connectivity index (χ4v) is 4.58. The van der Waals surface area contributed by atoms with Crippen LogP contribution in [0.5, 0.6) is 0 Å². The fourth-order valence-electron chi connectivity index (χ4n) is 3.04. The third-order valence-electron chi connectivity index (χ3n) is 4.52. The molecular formula is C17H17ClFN5O2S. The second kappa shape index (κ2) is 7.23. The Bertz CT molecular complexity index is 970. The number of aromatic nitrogens is 4. The summed E-state index contributed by atoms with van der Waals surface area (Å²) in [5.74, 6) is 0.146. The van der Waals surface area contributed by atoms with Crippen LogP contribution in [0.2, 0.25) is 5.28 Å². The van der Waals surface area contributed by atoms with Gasteiger partial charge in [0, 0.05) is 11.8 Å². The molecule has 4 rings (SSSR count). The molecule has 3 aromatic rings. The number of nitrogens with one attached hydrogen (secondary N) is 1. The van der Waals surface area contributed by atoms with Crippen LogP contribution in [0.25, 0.3) is 11.2 Å². The van der Waals surface area contributed by atoms with E-state index in [1.807, 2.05) is 6.92 Å². The Labute approximate surface area is 163 Å². The average Bonchev–Trinajstić information content (AvgIpc) is 3.17. The van der Waals surface area contributed by atoms with Crippen LogP contribution in [0.15, 0.2) is 30.6 Å². The molecule has 3 N–H and O–H groups in total. The van der Waals surface area contributed by atoms with Crippen LogP contribution in [0.4, 0.5) is 10.2 Å². The second-order valence-corrected chi connectivity index (χ2v) is 8.20. The molecule has 7 nitrogen and oxygen atoms in total. The highest BCUT2D eigenvalue weighted by Crippen LogP contribution is 2.43. The predicted octanol–water partition coefficient (Wildman–Crippen LogP) is 2.59. The maximum Gasteiger partial charge on any atom is 0.226 e. The molecule has 1 fully saturated rings. The standard InChI is InChI=1S/C17H17ClFN5O2S/c1-8-12(25)13(26)16(27-8)24-7-21-11-14(22-17(18)23-15(11)24)20-6-9-2-4-10(19)5-3-9/h2-5,7-8,12-13,16,25-26H,6H2,1H3,(H,20,22,23)/t8-,12+,13+,16-/m0/s1. The smallest absolute Gasteiger partial charge is 0.226 e. The highest BCUT2D eigenvalue weighted by atomic mass is 35.5. The molecule has 0 amide bonds. The average molecular weight is 410 g/mol. The maximum atomic E-state index is 13.0. The van der Waals surface area contributed by atoms with E-state index in [-0.39, 0.29) is 16.4 Å². The van der Waals surface area contributed by atoms with E-state index in [1.165, 1.54) is 23.9 Å². The number of nitrogens with zero attached hydrogens (tertiary/aromatic N) is 4. The number of hydrogen-bond acceptors (Lipinski definition) is 7. The number of halogens is 2. The quantitative estimate of drug-likeness (QED) is 0.570. The van der Waals surface area contributed by atoms with Crippen molar-refractivity contribution in [3.8, 4) is 0 Å². The first-order valence-electron chi connectivity index (χ1n) is 8.34. The van der Waals surface area contributed by atoms with E-state index in [0.29, 0.717) is 23.5 Å². The number of hydrogen-bond donors (Lipinski definition) is 3. The first-order valence-corrected chi connectivity index (χ1v) is 9.66. The van der Waals surface area contributed by atoms with Crippen LogP contribution < -0.4 is 5.32 Å². The van der Waals surface area contributed by atoms with Crippen molar-refractivity contribution >= 4 is 40.3 Å². The number of aliphatic hydroxyl groups excluding tert-OH is 2. The third kappa shape index (κ3) is 3.47.